The van der Waals surface area contributed by atoms with Crippen molar-refractivity contribution in [3.63, 3.8) is 0 Å². The molecule has 0 radical (unpaired) electrons. The molecular weight excluding hydrogens is 273 g/mol. The first-order chi connectivity index (χ1) is 9.98. The van der Waals surface area contributed by atoms with Crippen molar-refractivity contribution in [3.8, 4) is 0 Å². The van der Waals surface area contributed by atoms with E-state index < -0.39 is 11.4 Å². The van der Waals surface area contributed by atoms with E-state index in [2.05, 4.69) is 5.32 Å². The number of rotatable bonds is 7. The van der Waals surface area contributed by atoms with E-state index >= 15 is 0 Å². The predicted octanol–water partition coefficient (Wildman–Crippen LogP) is 2.62. The second-order valence-corrected chi connectivity index (χ2v) is 5.65. The van der Waals surface area contributed by atoms with Crippen molar-refractivity contribution in [3.05, 3.63) is 35.6 Å². The van der Waals surface area contributed by atoms with Gasteiger partial charge in [0.2, 0.25) is 5.91 Å². The zero-order valence-corrected chi connectivity index (χ0v) is 12.1. The number of hydrogen-bond donors (Lipinski definition) is 2. The van der Waals surface area contributed by atoms with Gasteiger partial charge in [-0.25, -0.2) is 4.39 Å². The summed E-state index contributed by atoms with van der Waals surface area (Å²) in [6.07, 6.45) is 2.81. The molecule has 2 N–H and O–H groups in total. The minimum absolute atomic E-state index is 0.0704. The van der Waals surface area contributed by atoms with Crippen LogP contribution in [0, 0.1) is 5.82 Å². The summed E-state index contributed by atoms with van der Waals surface area (Å²) >= 11 is 0. The zero-order chi connectivity index (χ0) is 15.5. The Labute approximate surface area is 123 Å². The van der Waals surface area contributed by atoms with Crippen LogP contribution >= 0.6 is 0 Å². The van der Waals surface area contributed by atoms with Gasteiger partial charge < -0.3 is 10.4 Å². The number of hydrogen-bond acceptors (Lipinski definition) is 2. The summed E-state index contributed by atoms with van der Waals surface area (Å²) in [5.41, 5.74) is 0.199. The van der Waals surface area contributed by atoms with Crippen LogP contribution < -0.4 is 5.32 Å². The second kappa shape index (κ2) is 6.24. The molecule has 4 nitrogen and oxygen atoms in total. The molecule has 21 heavy (non-hydrogen) atoms. The van der Waals surface area contributed by atoms with Crippen LogP contribution in [0.5, 0.6) is 0 Å². The minimum atomic E-state index is -0.916. The maximum atomic E-state index is 13.0. The molecule has 1 aromatic carbocycles. The molecule has 1 aliphatic carbocycles. The van der Waals surface area contributed by atoms with Gasteiger partial charge in [0.25, 0.3) is 0 Å². The number of benzene rings is 1. The van der Waals surface area contributed by atoms with Gasteiger partial charge in [0.15, 0.2) is 0 Å². The highest BCUT2D eigenvalue weighted by Crippen LogP contribution is 2.48. The Morgan fingerprint density at radius 1 is 1.33 bits per heavy atom. The summed E-state index contributed by atoms with van der Waals surface area (Å²) in [7, 11) is 0. The van der Waals surface area contributed by atoms with Crippen LogP contribution in [0.3, 0.4) is 0 Å². The van der Waals surface area contributed by atoms with Gasteiger partial charge in [-0.2, -0.15) is 0 Å². The van der Waals surface area contributed by atoms with Gasteiger partial charge in [-0.15, -0.1) is 0 Å². The van der Waals surface area contributed by atoms with Crippen LogP contribution in [0.2, 0.25) is 0 Å². The molecule has 1 fully saturated rings. The largest absolute Gasteiger partial charge is 0.481 e. The van der Waals surface area contributed by atoms with Crippen molar-refractivity contribution in [1.29, 1.82) is 0 Å². The summed E-state index contributed by atoms with van der Waals surface area (Å²) in [5, 5.41) is 11.7. The molecule has 1 unspecified atom stereocenters. The topological polar surface area (TPSA) is 66.4 Å². The fourth-order valence-corrected chi connectivity index (χ4v) is 2.65. The highest BCUT2D eigenvalue weighted by molar-refractivity contribution is 5.91. The number of carbonyl (C=O) groups excluding carboxylic acids is 1. The maximum Gasteiger partial charge on any atom is 0.305 e. The third kappa shape index (κ3) is 3.60. The van der Waals surface area contributed by atoms with Gasteiger partial charge in [0.05, 0.1) is 11.8 Å². The van der Waals surface area contributed by atoms with E-state index in [-0.39, 0.29) is 24.2 Å². The molecule has 5 heteroatoms. The van der Waals surface area contributed by atoms with Crippen LogP contribution in [0.1, 0.15) is 44.6 Å². The number of carboxylic acids is 1. The Bertz CT molecular complexity index is 523. The number of aliphatic carboxylic acids is 1. The van der Waals surface area contributed by atoms with Crippen LogP contribution in [-0.2, 0) is 15.0 Å². The Kier molecular flexibility index (Phi) is 4.60. The molecule has 0 heterocycles. The lowest BCUT2D eigenvalue weighted by Crippen LogP contribution is -2.42. The molecule has 0 spiro atoms. The fourth-order valence-electron chi connectivity index (χ4n) is 2.65. The molecule has 114 valence electrons. The predicted molar refractivity (Wildman–Crippen MR) is 76.4 cm³/mol. The van der Waals surface area contributed by atoms with Crippen LogP contribution in [-0.4, -0.2) is 23.0 Å². The summed E-state index contributed by atoms with van der Waals surface area (Å²) in [5.74, 6) is -1.39. The van der Waals surface area contributed by atoms with Crippen molar-refractivity contribution in [2.75, 3.05) is 0 Å². The fraction of sp³-hybridized carbons (Fsp3) is 0.500. The average Bonchev–Trinajstić information content (AvgIpc) is 3.20. The normalized spacial score (nSPS) is 17.0. The average molecular weight is 293 g/mol. The van der Waals surface area contributed by atoms with Crippen LogP contribution in [0.15, 0.2) is 24.3 Å². The van der Waals surface area contributed by atoms with Crippen molar-refractivity contribution in [2.24, 2.45) is 0 Å². The molecule has 0 aliphatic heterocycles. The molecule has 1 amide bonds. The van der Waals surface area contributed by atoms with Crippen molar-refractivity contribution in [1.82, 2.24) is 5.32 Å². The molecule has 1 aliphatic rings. The van der Waals surface area contributed by atoms with Gasteiger partial charge in [-0.05, 0) is 37.0 Å². The van der Waals surface area contributed by atoms with Crippen molar-refractivity contribution < 1.29 is 19.1 Å². The monoisotopic (exact) mass is 293 g/mol. The molecule has 1 saturated carbocycles. The lowest BCUT2D eigenvalue weighted by molar-refractivity contribution is -0.137. The molecule has 2 rings (SSSR count). The van der Waals surface area contributed by atoms with E-state index in [4.69, 9.17) is 5.11 Å². The summed E-state index contributed by atoms with van der Waals surface area (Å²) in [6, 6.07) is 5.62. The zero-order valence-electron chi connectivity index (χ0n) is 12.1. The van der Waals surface area contributed by atoms with E-state index in [1.807, 2.05) is 6.92 Å². The van der Waals surface area contributed by atoms with Gasteiger partial charge in [-0.3, -0.25) is 9.59 Å². The smallest absolute Gasteiger partial charge is 0.305 e. The highest BCUT2D eigenvalue weighted by atomic mass is 19.1. The standard InChI is InChI=1S/C16H20FNO3/c1-2-3-13(10-14(19)20)18-15(21)16(8-9-16)11-4-6-12(17)7-5-11/h4-7,13H,2-3,8-10H2,1H3,(H,18,21)(H,19,20). The molecule has 0 bridgehead atoms. The quantitative estimate of drug-likeness (QED) is 0.812. The molecule has 0 aromatic heterocycles. The Morgan fingerprint density at radius 2 is 1.95 bits per heavy atom. The summed E-state index contributed by atoms with van der Waals surface area (Å²) in [6.45, 7) is 1.95. The lowest BCUT2D eigenvalue weighted by atomic mass is 9.94. The second-order valence-electron chi connectivity index (χ2n) is 5.65. The van der Waals surface area contributed by atoms with Gasteiger partial charge in [0, 0.05) is 6.04 Å². The van der Waals surface area contributed by atoms with E-state index in [0.717, 1.165) is 24.8 Å². The molecule has 0 saturated heterocycles. The van der Waals surface area contributed by atoms with Gasteiger partial charge in [-0.1, -0.05) is 25.5 Å². The number of carbonyl (C=O) groups is 2. The van der Waals surface area contributed by atoms with Crippen LogP contribution in [0.4, 0.5) is 4.39 Å². The third-order valence-corrected chi connectivity index (χ3v) is 3.97. The first kappa shape index (κ1) is 15.5. The first-order valence-electron chi connectivity index (χ1n) is 7.27. The Morgan fingerprint density at radius 3 is 2.43 bits per heavy atom. The van der Waals surface area contributed by atoms with E-state index in [1.165, 1.54) is 12.1 Å². The number of carboxylic acid groups (broad SMARTS) is 1. The van der Waals surface area contributed by atoms with Gasteiger partial charge >= 0.3 is 5.97 Å². The highest BCUT2D eigenvalue weighted by Gasteiger charge is 2.51. The van der Waals surface area contributed by atoms with E-state index in [1.54, 1.807) is 12.1 Å². The molecular formula is C16H20FNO3. The number of amides is 1. The SMILES string of the molecule is CCCC(CC(=O)O)NC(=O)C1(c2ccc(F)cc2)CC1. The van der Waals surface area contributed by atoms with Crippen molar-refractivity contribution in [2.45, 2.75) is 50.5 Å². The summed E-state index contributed by atoms with van der Waals surface area (Å²) in [4.78, 5) is 23.3. The van der Waals surface area contributed by atoms with E-state index in [0.29, 0.717) is 6.42 Å². The van der Waals surface area contributed by atoms with Crippen molar-refractivity contribution >= 4 is 11.9 Å². The minimum Gasteiger partial charge on any atom is -0.481 e. The Balaban J connectivity index is 2.07. The Hall–Kier alpha value is -1.91. The molecule has 1 aromatic rings. The third-order valence-electron chi connectivity index (χ3n) is 3.97. The first-order valence-corrected chi connectivity index (χ1v) is 7.27. The molecule has 1 atom stereocenters. The van der Waals surface area contributed by atoms with E-state index in [9.17, 15) is 14.0 Å². The lowest BCUT2D eigenvalue weighted by Gasteiger charge is -2.21. The summed E-state index contributed by atoms with van der Waals surface area (Å²) < 4.78 is 13.0. The maximum absolute atomic E-state index is 13.0. The van der Waals surface area contributed by atoms with Gasteiger partial charge in [0.1, 0.15) is 5.82 Å². The number of halogens is 1. The van der Waals surface area contributed by atoms with Crippen LogP contribution in [0.25, 0.3) is 0 Å². The number of nitrogens with one attached hydrogen (secondary N) is 1.